The minimum absolute atomic E-state index is 0. The molecule has 4 atom stereocenters. The van der Waals surface area contributed by atoms with E-state index in [1.165, 1.54) is 38.5 Å². The number of rotatable bonds is 4. The Labute approximate surface area is 155 Å². The minimum Gasteiger partial charge on any atom is -0.412 e. The van der Waals surface area contributed by atoms with Gasteiger partial charge < -0.3 is 10.2 Å². The van der Waals surface area contributed by atoms with Crippen molar-refractivity contribution in [1.82, 2.24) is 0 Å². The molecule has 3 rings (SSSR count). The van der Waals surface area contributed by atoms with Crippen LogP contribution in [0.25, 0.3) is 0 Å². The van der Waals surface area contributed by atoms with E-state index < -0.39 is 12.3 Å². The van der Waals surface area contributed by atoms with Crippen molar-refractivity contribution in [3.8, 4) is 0 Å². The molecule has 4 unspecified atom stereocenters. The topological polar surface area (TPSA) is 40.7 Å². The molecule has 0 aromatic rings. The molecule has 3 fully saturated rings. The van der Waals surface area contributed by atoms with Crippen LogP contribution in [0.5, 0.6) is 0 Å². The molecule has 0 bridgehead atoms. The second-order valence-corrected chi connectivity index (χ2v) is 9.04. The predicted octanol–water partition coefficient (Wildman–Crippen LogP) is 5.64. The van der Waals surface area contributed by atoms with Crippen LogP contribution >= 0.6 is 0 Å². The summed E-state index contributed by atoms with van der Waals surface area (Å²) < 4.78 is 34.1. The Morgan fingerprint density at radius 1 is 0.760 bits per heavy atom. The molecule has 4 heteroatoms. The van der Waals surface area contributed by atoms with Crippen molar-refractivity contribution in [2.24, 2.45) is 35.5 Å². The van der Waals surface area contributed by atoms with Gasteiger partial charge >= 0.3 is 0 Å². The highest BCUT2D eigenvalue weighted by molar-refractivity contribution is 4.93. The fourth-order valence-corrected chi connectivity index (χ4v) is 5.91. The number of halogens is 2. The van der Waals surface area contributed by atoms with Crippen LogP contribution in [0.15, 0.2) is 0 Å². The van der Waals surface area contributed by atoms with Crippen LogP contribution in [0.4, 0.5) is 8.78 Å². The highest BCUT2D eigenvalue weighted by Crippen LogP contribution is 2.47. The molecule has 0 radical (unpaired) electrons. The van der Waals surface area contributed by atoms with E-state index in [0.29, 0.717) is 12.5 Å². The molecule has 0 spiro atoms. The van der Waals surface area contributed by atoms with Crippen LogP contribution in [0.1, 0.15) is 74.0 Å². The number of hydrogen-bond donors (Lipinski definition) is 0. The summed E-state index contributed by atoms with van der Waals surface area (Å²) in [6.45, 7) is 2.74. The Balaban J connectivity index is 0.00000225. The Morgan fingerprint density at radius 2 is 1.28 bits per heavy atom. The molecule has 3 aliphatic carbocycles. The van der Waals surface area contributed by atoms with Gasteiger partial charge in [-0.05, 0) is 81.0 Å². The number of alkyl halides is 2. The molecular formula is C21H42F2O2. The van der Waals surface area contributed by atoms with Gasteiger partial charge in [0.1, 0.15) is 12.3 Å². The average Bonchev–Trinajstić information content (AvgIpc) is 2.60. The summed E-state index contributed by atoms with van der Waals surface area (Å²) in [5, 5.41) is 0. The molecule has 0 heterocycles. The first kappa shape index (κ1) is 21.1. The van der Waals surface area contributed by atoms with Crippen LogP contribution in [-0.4, -0.2) is 31.5 Å². The highest BCUT2D eigenvalue weighted by Gasteiger charge is 2.44. The maximum Gasteiger partial charge on any atom is 0.136 e. The van der Waals surface area contributed by atoms with E-state index in [9.17, 15) is 8.78 Å². The lowest BCUT2D eigenvalue weighted by atomic mass is 9.64. The Kier molecular flexibility index (Phi) is 8.13. The van der Waals surface area contributed by atoms with Crippen LogP contribution in [0.2, 0.25) is 0 Å². The van der Waals surface area contributed by atoms with Gasteiger partial charge in [0.15, 0.2) is 0 Å². The molecular weight excluding hydrogens is 322 g/mol. The molecule has 0 saturated heterocycles. The highest BCUT2D eigenvalue weighted by atomic mass is 19.2. The smallest absolute Gasteiger partial charge is 0.136 e. The molecule has 0 amide bonds. The fourth-order valence-electron chi connectivity index (χ4n) is 5.91. The average molecular weight is 365 g/mol. The quantitative estimate of drug-likeness (QED) is 0.637. The maximum atomic E-state index is 14.7. The molecule has 2 N–H and O–H groups in total. The number of hydrogen-bond acceptors (Lipinski definition) is 1. The molecule has 152 valence electrons. The summed E-state index contributed by atoms with van der Waals surface area (Å²) in [4.78, 5) is 0. The third-order valence-corrected chi connectivity index (χ3v) is 7.56. The first-order chi connectivity index (χ1) is 11.6. The molecule has 0 aromatic heterocycles. The zero-order valence-corrected chi connectivity index (χ0v) is 16.1. The number of methoxy groups -OCH3 is 1. The van der Waals surface area contributed by atoms with Gasteiger partial charge in [-0.3, -0.25) is 0 Å². The first-order valence-electron chi connectivity index (χ1n) is 10.4. The second kappa shape index (κ2) is 9.64. The SMILES string of the molecule is COCC1CCC(C2CCC(C3CCC(C)CC3)CC2)C(F)C1F.O.[HH].[HH]. The van der Waals surface area contributed by atoms with Crippen LogP contribution in [0.3, 0.4) is 0 Å². The maximum absolute atomic E-state index is 14.7. The Hall–Kier alpha value is -0.220. The van der Waals surface area contributed by atoms with E-state index in [1.54, 1.807) is 7.11 Å². The summed E-state index contributed by atoms with van der Waals surface area (Å²) in [6, 6.07) is 0. The second-order valence-electron chi connectivity index (χ2n) is 9.04. The Bertz CT molecular complexity index is 386. The molecule has 3 aliphatic rings. The van der Waals surface area contributed by atoms with E-state index in [-0.39, 0.29) is 20.2 Å². The third kappa shape index (κ3) is 4.94. The van der Waals surface area contributed by atoms with E-state index in [2.05, 4.69) is 6.92 Å². The largest absolute Gasteiger partial charge is 0.412 e. The van der Waals surface area contributed by atoms with Crippen LogP contribution in [-0.2, 0) is 4.74 Å². The van der Waals surface area contributed by atoms with E-state index in [0.717, 1.165) is 43.4 Å². The van der Waals surface area contributed by atoms with Gasteiger partial charge in [0, 0.05) is 15.9 Å². The van der Waals surface area contributed by atoms with E-state index in [4.69, 9.17) is 4.74 Å². The van der Waals surface area contributed by atoms with Crippen LogP contribution in [0, 0.1) is 35.5 Å². The van der Waals surface area contributed by atoms with Crippen molar-refractivity contribution < 1.29 is 21.8 Å². The fraction of sp³-hybridized carbons (Fsp3) is 1.00. The molecule has 3 saturated carbocycles. The zero-order chi connectivity index (χ0) is 17.1. The molecule has 0 aliphatic heterocycles. The van der Waals surface area contributed by atoms with Crippen molar-refractivity contribution in [1.29, 1.82) is 0 Å². The van der Waals surface area contributed by atoms with Crippen molar-refractivity contribution in [3.63, 3.8) is 0 Å². The summed E-state index contributed by atoms with van der Waals surface area (Å²) in [7, 11) is 1.58. The first-order valence-corrected chi connectivity index (χ1v) is 10.4. The minimum atomic E-state index is -1.32. The van der Waals surface area contributed by atoms with Gasteiger partial charge in [0.05, 0.1) is 6.61 Å². The van der Waals surface area contributed by atoms with Crippen LogP contribution < -0.4 is 0 Å². The lowest BCUT2D eigenvalue weighted by Crippen LogP contribution is -2.43. The van der Waals surface area contributed by atoms with Gasteiger partial charge in [-0.1, -0.05) is 19.8 Å². The lowest BCUT2D eigenvalue weighted by Gasteiger charge is -2.43. The van der Waals surface area contributed by atoms with Gasteiger partial charge in [-0.15, -0.1) is 0 Å². The van der Waals surface area contributed by atoms with Crippen molar-refractivity contribution >= 4 is 0 Å². The molecule has 0 aromatic carbocycles. The Morgan fingerprint density at radius 3 is 1.84 bits per heavy atom. The standard InChI is InChI=1S/C21H36F2O.H2O.2H2/c1-14-3-5-15(6-4-14)16-7-9-17(10-8-16)19-12-11-18(13-24-2)20(22)21(19)23;;;/h14-21H,3-13H2,1-2H3;1H2;2*1H. The van der Waals surface area contributed by atoms with Crippen molar-refractivity contribution in [3.05, 3.63) is 0 Å². The third-order valence-electron chi connectivity index (χ3n) is 7.56. The zero-order valence-electron chi connectivity index (χ0n) is 16.1. The summed E-state index contributed by atoms with van der Waals surface area (Å²) >= 11 is 0. The van der Waals surface area contributed by atoms with Gasteiger partial charge in [0.2, 0.25) is 0 Å². The lowest BCUT2D eigenvalue weighted by molar-refractivity contribution is -0.0355. The van der Waals surface area contributed by atoms with E-state index in [1.807, 2.05) is 0 Å². The predicted molar refractivity (Wildman–Crippen MR) is 102 cm³/mol. The van der Waals surface area contributed by atoms with Crippen molar-refractivity contribution in [2.75, 3.05) is 13.7 Å². The summed E-state index contributed by atoms with van der Waals surface area (Å²) in [5.41, 5.74) is 0. The number of ether oxygens (including phenoxy) is 1. The van der Waals surface area contributed by atoms with Gasteiger partial charge in [-0.25, -0.2) is 8.78 Å². The molecule has 25 heavy (non-hydrogen) atoms. The van der Waals surface area contributed by atoms with Crippen molar-refractivity contribution in [2.45, 2.75) is 83.5 Å². The van der Waals surface area contributed by atoms with Gasteiger partial charge in [-0.2, -0.15) is 0 Å². The monoisotopic (exact) mass is 364 g/mol. The van der Waals surface area contributed by atoms with Gasteiger partial charge in [0.25, 0.3) is 0 Å². The summed E-state index contributed by atoms with van der Waals surface area (Å²) in [5.74, 6) is 2.82. The molecule has 2 nitrogen and oxygen atoms in total. The van der Waals surface area contributed by atoms with E-state index >= 15 is 0 Å². The normalized spacial score (nSPS) is 45.6. The summed E-state index contributed by atoms with van der Waals surface area (Å²) in [6.07, 6.45) is 9.41.